The van der Waals surface area contributed by atoms with Crippen LogP contribution in [0.4, 0.5) is 17.1 Å². The van der Waals surface area contributed by atoms with Crippen LogP contribution < -0.4 is 20.5 Å². The lowest BCUT2D eigenvalue weighted by molar-refractivity contribution is 0.333. The van der Waals surface area contributed by atoms with Gasteiger partial charge < -0.3 is 20.5 Å². The van der Waals surface area contributed by atoms with Crippen LogP contribution in [0.5, 0.6) is 11.5 Å². The maximum atomic E-state index is 6.18. The highest BCUT2D eigenvalue weighted by molar-refractivity contribution is 5.82. The normalized spacial score (nSPS) is 10.1. The van der Waals surface area contributed by atoms with Gasteiger partial charge in [0.1, 0.15) is 22.9 Å². The molecule has 0 amide bonds. The molecule has 0 saturated heterocycles. The van der Waals surface area contributed by atoms with Crippen molar-refractivity contribution < 1.29 is 9.47 Å². The molecule has 0 radical (unpaired) electrons. The van der Waals surface area contributed by atoms with Gasteiger partial charge in [-0.05, 0) is 38.1 Å². The molecular formula is C16H20N2O2. The van der Waals surface area contributed by atoms with Crippen LogP contribution in [0.2, 0.25) is 0 Å². The van der Waals surface area contributed by atoms with E-state index in [1.165, 1.54) is 0 Å². The predicted octanol–water partition coefficient (Wildman–Crippen LogP) is 3.81. The maximum absolute atomic E-state index is 6.18. The summed E-state index contributed by atoms with van der Waals surface area (Å²) in [5.41, 5.74) is 8.43. The summed E-state index contributed by atoms with van der Waals surface area (Å²) in [6.45, 7) is 5.03. The van der Waals surface area contributed by atoms with Gasteiger partial charge in [0.25, 0.3) is 0 Å². The van der Waals surface area contributed by atoms with E-state index in [1.807, 2.05) is 56.3 Å². The van der Waals surface area contributed by atoms with Crippen molar-refractivity contribution in [3.8, 4) is 11.5 Å². The van der Waals surface area contributed by atoms with Crippen LogP contribution in [-0.2, 0) is 0 Å². The zero-order chi connectivity index (χ0) is 14.4. The van der Waals surface area contributed by atoms with Crippen LogP contribution in [-0.4, -0.2) is 13.2 Å². The fraction of sp³-hybridized carbons (Fsp3) is 0.250. The number of hydrogen-bond acceptors (Lipinski definition) is 4. The molecule has 0 bridgehead atoms. The second-order valence-corrected chi connectivity index (χ2v) is 4.21. The van der Waals surface area contributed by atoms with E-state index in [2.05, 4.69) is 5.32 Å². The molecule has 20 heavy (non-hydrogen) atoms. The first-order chi connectivity index (χ1) is 9.76. The highest BCUT2D eigenvalue weighted by Gasteiger charge is 2.13. The quantitative estimate of drug-likeness (QED) is 0.785. The summed E-state index contributed by atoms with van der Waals surface area (Å²) >= 11 is 0. The molecule has 0 fully saturated rings. The van der Waals surface area contributed by atoms with Gasteiger partial charge in [0.15, 0.2) is 0 Å². The Labute approximate surface area is 119 Å². The van der Waals surface area contributed by atoms with Gasteiger partial charge in [0.2, 0.25) is 0 Å². The van der Waals surface area contributed by atoms with Gasteiger partial charge in [-0.25, -0.2) is 0 Å². The standard InChI is InChI=1S/C16H20N2O2/c1-3-19-13-10-11-14(20-4-2)16(15(13)17)18-12-8-6-5-7-9-12/h5-11,18H,3-4,17H2,1-2H3. The molecule has 0 saturated carbocycles. The van der Waals surface area contributed by atoms with Crippen LogP contribution in [0.15, 0.2) is 42.5 Å². The third-order valence-electron chi connectivity index (χ3n) is 2.81. The van der Waals surface area contributed by atoms with E-state index in [1.54, 1.807) is 0 Å². The van der Waals surface area contributed by atoms with Crippen LogP contribution in [0.3, 0.4) is 0 Å². The van der Waals surface area contributed by atoms with E-state index in [0.29, 0.717) is 24.7 Å². The zero-order valence-corrected chi connectivity index (χ0v) is 11.8. The highest BCUT2D eigenvalue weighted by Crippen LogP contribution is 2.39. The lowest BCUT2D eigenvalue weighted by atomic mass is 10.2. The van der Waals surface area contributed by atoms with E-state index in [9.17, 15) is 0 Å². The molecule has 2 rings (SSSR count). The first-order valence-corrected chi connectivity index (χ1v) is 6.76. The van der Waals surface area contributed by atoms with Crippen LogP contribution in [0.25, 0.3) is 0 Å². The molecule has 3 N–H and O–H groups in total. The van der Waals surface area contributed by atoms with Crippen molar-refractivity contribution in [1.29, 1.82) is 0 Å². The van der Waals surface area contributed by atoms with Crippen molar-refractivity contribution in [2.45, 2.75) is 13.8 Å². The summed E-state index contributed by atoms with van der Waals surface area (Å²) in [5.74, 6) is 1.38. The summed E-state index contributed by atoms with van der Waals surface area (Å²) in [5, 5.41) is 3.29. The van der Waals surface area contributed by atoms with Gasteiger partial charge in [-0.1, -0.05) is 18.2 Å². The Morgan fingerprint density at radius 2 is 1.50 bits per heavy atom. The van der Waals surface area contributed by atoms with Gasteiger partial charge in [-0.3, -0.25) is 0 Å². The molecule has 2 aromatic carbocycles. The number of hydrogen-bond donors (Lipinski definition) is 2. The molecule has 0 aliphatic heterocycles. The van der Waals surface area contributed by atoms with Crippen LogP contribution >= 0.6 is 0 Å². The van der Waals surface area contributed by atoms with Gasteiger partial charge in [0.05, 0.1) is 13.2 Å². The Morgan fingerprint density at radius 1 is 0.900 bits per heavy atom. The molecule has 0 spiro atoms. The van der Waals surface area contributed by atoms with Crippen molar-refractivity contribution in [2.75, 3.05) is 24.3 Å². The number of nitrogens with two attached hydrogens (primary N) is 1. The van der Waals surface area contributed by atoms with E-state index < -0.39 is 0 Å². The lowest BCUT2D eigenvalue weighted by Gasteiger charge is -2.17. The first-order valence-electron chi connectivity index (χ1n) is 6.76. The smallest absolute Gasteiger partial charge is 0.145 e. The van der Waals surface area contributed by atoms with Crippen molar-refractivity contribution in [3.63, 3.8) is 0 Å². The molecule has 0 unspecified atom stereocenters. The van der Waals surface area contributed by atoms with E-state index in [0.717, 1.165) is 17.1 Å². The lowest BCUT2D eigenvalue weighted by Crippen LogP contribution is -2.04. The van der Waals surface area contributed by atoms with Gasteiger partial charge in [-0.2, -0.15) is 0 Å². The average Bonchev–Trinajstić information content (AvgIpc) is 2.47. The molecule has 0 aliphatic rings. The van der Waals surface area contributed by atoms with Gasteiger partial charge >= 0.3 is 0 Å². The molecule has 4 heteroatoms. The minimum atomic E-state index is 0.557. The average molecular weight is 272 g/mol. The maximum Gasteiger partial charge on any atom is 0.145 e. The van der Waals surface area contributed by atoms with E-state index >= 15 is 0 Å². The fourth-order valence-corrected chi connectivity index (χ4v) is 1.93. The molecule has 0 heterocycles. The first kappa shape index (κ1) is 14.1. The summed E-state index contributed by atoms with van der Waals surface area (Å²) < 4.78 is 11.2. The Morgan fingerprint density at radius 3 is 2.15 bits per heavy atom. The van der Waals surface area contributed by atoms with E-state index in [4.69, 9.17) is 15.2 Å². The number of nitrogens with one attached hydrogen (secondary N) is 1. The molecule has 0 aliphatic carbocycles. The summed E-state index contributed by atoms with van der Waals surface area (Å²) in [7, 11) is 0. The van der Waals surface area contributed by atoms with Crippen LogP contribution in [0, 0.1) is 0 Å². The fourth-order valence-electron chi connectivity index (χ4n) is 1.93. The zero-order valence-electron chi connectivity index (χ0n) is 11.8. The SMILES string of the molecule is CCOc1ccc(OCC)c(Nc2ccccc2)c1N. The van der Waals surface area contributed by atoms with Crippen molar-refractivity contribution in [2.24, 2.45) is 0 Å². The third-order valence-corrected chi connectivity index (χ3v) is 2.81. The number of nitrogen functional groups attached to an aromatic ring is 1. The van der Waals surface area contributed by atoms with Crippen molar-refractivity contribution in [3.05, 3.63) is 42.5 Å². The number of para-hydroxylation sites is 1. The van der Waals surface area contributed by atoms with Gasteiger partial charge in [0, 0.05) is 5.69 Å². The Bertz CT molecular complexity index is 556. The number of rotatable bonds is 6. The van der Waals surface area contributed by atoms with E-state index in [-0.39, 0.29) is 0 Å². The summed E-state index contributed by atoms with van der Waals surface area (Å²) in [6, 6.07) is 13.5. The highest BCUT2D eigenvalue weighted by atomic mass is 16.5. The third kappa shape index (κ3) is 3.15. The van der Waals surface area contributed by atoms with Crippen molar-refractivity contribution >= 4 is 17.1 Å². The number of benzene rings is 2. The van der Waals surface area contributed by atoms with Crippen LogP contribution in [0.1, 0.15) is 13.8 Å². The second-order valence-electron chi connectivity index (χ2n) is 4.21. The minimum Gasteiger partial charge on any atom is -0.492 e. The second kappa shape index (κ2) is 6.70. The number of anilines is 3. The summed E-state index contributed by atoms with van der Waals surface area (Å²) in [6.07, 6.45) is 0. The van der Waals surface area contributed by atoms with Crippen molar-refractivity contribution in [1.82, 2.24) is 0 Å². The molecule has 4 nitrogen and oxygen atoms in total. The Kier molecular flexibility index (Phi) is 4.71. The largest absolute Gasteiger partial charge is 0.492 e. The molecule has 106 valence electrons. The predicted molar refractivity (Wildman–Crippen MR) is 82.9 cm³/mol. The summed E-state index contributed by atoms with van der Waals surface area (Å²) in [4.78, 5) is 0. The minimum absolute atomic E-state index is 0.557. The Hall–Kier alpha value is -2.36. The molecule has 0 aromatic heterocycles. The van der Waals surface area contributed by atoms with Gasteiger partial charge in [-0.15, -0.1) is 0 Å². The molecule has 0 atom stereocenters. The molecule has 2 aromatic rings. The molecular weight excluding hydrogens is 252 g/mol. The number of ether oxygens (including phenoxy) is 2. The topological polar surface area (TPSA) is 56.5 Å². The monoisotopic (exact) mass is 272 g/mol. The Balaban J connectivity index is 2.38.